The molecule has 0 saturated carbocycles. The summed E-state index contributed by atoms with van der Waals surface area (Å²) in [5.74, 6) is -0.870. The Hall–Kier alpha value is -0.870. The lowest BCUT2D eigenvalue weighted by atomic mass is 10.2. The van der Waals surface area contributed by atoms with Gasteiger partial charge >= 0.3 is 5.97 Å². The first-order chi connectivity index (χ1) is 5.70. The fourth-order valence-corrected chi connectivity index (χ4v) is 1.63. The predicted octanol–water partition coefficient (Wildman–Crippen LogP) is 1.65. The van der Waals surface area contributed by atoms with E-state index >= 15 is 0 Å². The van der Waals surface area contributed by atoms with Gasteiger partial charge in [0.1, 0.15) is 0 Å². The third-order valence-electron chi connectivity index (χ3n) is 1.50. The minimum atomic E-state index is -0.870. The van der Waals surface area contributed by atoms with E-state index in [4.69, 9.17) is 5.11 Å². The number of carboxylic acids is 1. The molecule has 4 heteroatoms. The maximum Gasteiger partial charge on any atom is 0.303 e. The highest BCUT2D eigenvalue weighted by Gasteiger charge is 2.09. The molecule has 66 valence electrons. The monoisotopic (exact) mass is 186 g/mol. The van der Waals surface area contributed by atoms with E-state index in [1.807, 2.05) is 11.4 Å². The van der Waals surface area contributed by atoms with Crippen LogP contribution in [0.15, 0.2) is 17.5 Å². The first-order valence-corrected chi connectivity index (χ1v) is 4.51. The minimum absolute atomic E-state index is 0.0130. The van der Waals surface area contributed by atoms with Crippen molar-refractivity contribution in [3.8, 4) is 0 Å². The number of rotatable bonds is 4. The molecule has 0 bridgehead atoms. The Balaban J connectivity index is 2.39. The van der Waals surface area contributed by atoms with Crippen LogP contribution in [0.25, 0.3) is 0 Å². The van der Waals surface area contributed by atoms with E-state index in [2.05, 4.69) is 0 Å². The fourth-order valence-electron chi connectivity index (χ4n) is 0.883. The molecule has 0 aliphatic heterocycles. The second-order valence-corrected chi connectivity index (χ2v) is 3.44. The van der Waals surface area contributed by atoms with Crippen LogP contribution in [0.5, 0.6) is 0 Å². The van der Waals surface area contributed by atoms with Gasteiger partial charge in [0.2, 0.25) is 0 Å². The van der Waals surface area contributed by atoms with Gasteiger partial charge in [0, 0.05) is 11.3 Å². The summed E-state index contributed by atoms with van der Waals surface area (Å²) >= 11 is 1.44. The number of aliphatic carboxylic acids is 1. The van der Waals surface area contributed by atoms with Crippen molar-refractivity contribution in [2.75, 3.05) is 0 Å². The second-order valence-electron chi connectivity index (χ2n) is 2.46. The molecule has 1 unspecified atom stereocenters. The first kappa shape index (κ1) is 9.22. The number of carboxylic acid groups (broad SMARTS) is 1. The summed E-state index contributed by atoms with van der Waals surface area (Å²) in [6.45, 7) is 0. The topological polar surface area (TPSA) is 57.5 Å². The highest BCUT2D eigenvalue weighted by atomic mass is 32.1. The van der Waals surface area contributed by atoms with E-state index in [-0.39, 0.29) is 12.8 Å². The van der Waals surface area contributed by atoms with E-state index in [0.29, 0.717) is 0 Å². The SMILES string of the molecule is O=C(O)CCC(O)c1cccs1. The van der Waals surface area contributed by atoms with Crippen LogP contribution >= 0.6 is 11.3 Å². The van der Waals surface area contributed by atoms with Crippen molar-refractivity contribution in [2.45, 2.75) is 18.9 Å². The van der Waals surface area contributed by atoms with Crippen LogP contribution < -0.4 is 0 Å². The molecule has 0 aliphatic rings. The van der Waals surface area contributed by atoms with E-state index < -0.39 is 12.1 Å². The molecule has 0 aliphatic carbocycles. The van der Waals surface area contributed by atoms with Crippen molar-refractivity contribution in [3.63, 3.8) is 0 Å². The molecular formula is C8H10O3S. The van der Waals surface area contributed by atoms with Crippen LogP contribution in [-0.4, -0.2) is 16.2 Å². The largest absolute Gasteiger partial charge is 0.481 e. The summed E-state index contributed by atoms with van der Waals surface area (Å²) in [6, 6.07) is 3.64. The third-order valence-corrected chi connectivity index (χ3v) is 2.48. The van der Waals surface area contributed by atoms with Crippen LogP contribution in [-0.2, 0) is 4.79 Å². The van der Waals surface area contributed by atoms with Gasteiger partial charge in [-0.25, -0.2) is 0 Å². The lowest BCUT2D eigenvalue weighted by Crippen LogP contribution is -2.00. The maximum atomic E-state index is 10.2. The highest BCUT2D eigenvalue weighted by molar-refractivity contribution is 7.10. The van der Waals surface area contributed by atoms with Crippen LogP contribution in [0.4, 0.5) is 0 Å². The zero-order valence-corrected chi connectivity index (χ0v) is 7.25. The molecule has 1 atom stereocenters. The maximum absolute atomic E-state index is 10.2. The molecular weight excluding hydrogens is 176 g/mol. The third kappa shape index (κ3) is 2.64. The van der Waals surface area contributed by atoms with Gasteiger partial charge in [-0.05, 0) is 17.9 Å². The molecule has 1 heterocycles. The van der Waals surface area contributed by atoms with Crippen molar-refractivity contribution in [1.29, 1.82) is 0 Å². The van der Waals surface area contributed by atoms with Gasteiger partial charge in [0.05, 0.1) is 6.10 Å². The first-order valence-electron chi connectivity index (χ1n) is 3.63. The van der Waals surface area contributed by atoms with Gasteiger partial charge in [0.15, 0.2) is 0 Å². The average Bonchev–Trinajstić information content (AvgIpc) is 2.51. The van der Waals surface area contributed by atoms with Gasteiger partial charge in [-0.2, -0.15) is 0 Å². The van der Waals surface area contributed by atoms with E-state index in [1.54, 1.807) is 6.07 Å². The van der Waals surface area contributed by atoms with E-state index in [1.165, 1.54) is 11.3 Å². The van der Waals surface area contributed by atoms with Gasteiger partial charge in [-0.15, -0.1) is 11.3 Å². The second kappa shape index (κ2) is 4.23. The molecule has 1 rings (SSSR count). The van der Waals surface area contributed by atoms with Crippen LogP contribution in [0.2, 0.25) is 0 Å². The lowest BCUT2D eigenvalue weighted by molar-refractivity contribution is -0.137. The van der Waals surface area contributed by atoms with E-state index in [9.17, 15) is 9.90 Å². The molecule has 0 amide bonds. The van der Waals surface area contributed by atoms with E-state index in [0.717, 1.165) is 4.88 Å². The zero-order chi connectivity index (χ0) is 8.97. The number of hydrogen-bond donors (Lipinski definition) is 2. The molecule has 0 radical (unpaired) electrons. The standard InChI is InChI=1S/C8H10O3S/c9-6(3-4-8(10)11)7-2-1-5-12-7/h1-2,5-6,9H,3-4H2,(H,10,11). The molecule has 1 aromatic rings. The van der Waals surface area contributed by atoms with Crippen LogP contribution in [0.3, 0.4) is 0 Å². The Morgan fingerprint density at radius 1 is 1.67 bits per heavy atom. The molecule has 2 N–H and O–H groups in total. The molecule has 12 heavy (non-hydrogen) atoms. The van der Waals surface area contributed by atoms with Gasteiger partial charge in [0.25, 0.3) is 0 Å². The van der Waals surface area contributed by atoms with Crippen molar-refractivity contribution in [1.82, 2.24) is 0 Å². The number of aliphatic hydroxyl groups excluding tert-OH is 1. The Morgan fingerprint density at radius 3 is 2.92 bits per heavy atom. The summed E-state index contributed by atoms with van der Waals surface area (Å²) < 4.78 is 0. The Kier molecular flexibility index (Phi) is 3.25. The summed E-state index contributed by atoms with van der Waals surface area (Å²) in [5, 5.41) is 19.6. The molecule has 0 aromatic carbocycles. The predicted molar refractivity (Wildman–Crippen MR) is 46.1 cm³/mol. The highest BCUT2D eigenvalue weighted by Crippen LogP contribution is 2.22. The average molecular weight is 186 g/mol. The molecule has 1 aromatic heterocycles. The summed E-state index contributed by atoms with van der Waals surface area (Å²) in [5.41, 5.74) is 0. The lowest BCUT2D eigenvalue weighted by Gasteiger charge is -2.04. The van der Waals surface area contributed by atoms with Gasteiger partial charge < -0.3 is 10.2 Å². The van der Waals surface area contributed by atoms with Gasteiger partial charge in [-0.3, -0.25) is 4.79 Å². The number of aliphatic hydroxyl groups is 1. The number of thiophene rings is 1. The Labute approximate surface area is 74.3 Å². The van der Waals surface area contributed by atoms with Crippen LogP contribution in [0, 0.1) is 0 Å². The van der Waals surface area contributed by atoms with Crippen molar-refractivity contribution < 1.29 is 15.0 Å². The summed E-state index contributed by atoms with van der Waals surface area (Å²) in [6.07, 6.45) is -0.323. The fraction of sp³-hybridized carbons (Fsp3) is 0.375. The molecule has 0 fully saturated rings. The zero-order valence-electron chi connectivity index (χ0n) is 6.43. The minimum Gasteiger partial charge on any atom is -0.481 e. The summed E-state index contributed by atoms with van der Waals surface area (Å²) in [7, 11) is 0. The quantitative estimate of drug-likeness (QED) is 0.751. The van der Waals surface area contributed by atoms with Crippen molar-refractivity contribution in [3.05, 3.63) is 22.4 Å². The molecule has 0 saturated heterocycles. The smallest absolute Gasteiger partial charge is 0.303 e. The van der Waals surface area contributed by atoms with Crippen molar-refractivity contribution in [2.24, 2.45) is 0 Å². The van der Waals surface area contributed by atoms with Crippen LogP contribution in [0.1, 0.15) is 23.8 Å². The van der Waals surface area contributed by atoms with Crippen molar-refractivity contribution >= 4 is 17.3 Å². The molecule has 3 nitrogen and oxygen atoms in total. The Bertz CT molecular complexity index is 243. The normalized spacial score (nSPS) is 12.8. The van der Waals surface area contributed by atoms with Gasteiger partial charge in [-0.1, -0.05) is 6.07 Å². The Morgan fingerprint density at radius 2 is 2.42 bits per heavy atom. The number of carbonyl (C=O) groups is 1. The number of hydrogen-bond acceptors (Lipinski definition) is 3. The molecule has 0 spiro atoms. The summed E-state index contributed by atoms with van der Waals surface area (Å²) in [4.78, 5) is 11.0.